The summed E-state index contributed by atoms with van der Waals surface area (Å²) in [6.45, 7) is 1.75. The number of aryl methyl sites for hydroxylation is 1. The number of ether oxygens (including phenoxy) is 1. The van der Waals surface area contributed by atoms with Gasteiger partial charge in [-0.2, -0.15) is 4.98 Å². The highest BCUT2D eigenvalue weighted by atomic mass is 19.1. The molecule has 1 aromatic heterocycles. The Hall–Kier alpha value is -2.17. The van der Waals surface area contributed by atoms with Crippen molar-refractivity contribution >= 4 is 5.95 Å². The second kappa shape index (κ2) is 4.14. The van der Waals surface area contributed by atoms with E-state index < -0.39 is 0 Å². The van der Waals surface area contributed by atoms with Crippen LogP contribution in [0, 0.1) is 12.7 Å². The van der Waals surface area contributed by atoms with Crippen LogP contribution >= 0.6 is 0 Å². The summed E-state index contributed by atoms with van der Waals surface area (Å²) in [5.74, 6) is 0.714. The van der Waals surface area contributed by atoms with Gasteiger partial charge in [0, 0.05) is 12.3 Å². The van der Waals surface area contributed by atoms with Gasteiger partial charge in [-0.15, -0.1) is 0 Å². The van der Waals surface area contributed by atoms with E-state index in [1.54, 1.807) is 19.1 Å². The van der Waals surface area contributed by atoms with Crippen molar-refractivity contribution in [3.63, 3.8) is 0 Å². The average Bonchev–Trinajstić information content (AvgIpc) is 2.22. The lowest BCUT2D eigenvalue weighted by Gasteiger charge is -2.07. The molecule has 0 unspecified atom stereocenters. The van der Waals surface area contributed by atoms with Crippen molar-refractivity contribution in [2.24, 2.45) is 0 Å². The minimum atomic E-state index is -0.299. The van der Waals surface area contributed by atoms with Gasteiger partial charge in [-0.05, 0) is 30.7 Å². The molecule has 2 N–H and O–H groups in total. The fraction of sp³-hybridized carbons (Fsp3) is 0.0909. The minimum absolute atomic E-state index is 0.136. The lowest BCUT2D eigenvalue weighted by Crippen LogP contribution is -1.96. The number of hydrogen-bond donors (Lipinski definition) is 1. The Morgan fingerprint density at radius 3 is 2.81 bits per heavy atom. The van der Waals surface area contributed by atoms with Crippen molar-refractivity contribution in [3.05, 3.63) is 41.8 Å². The van der Waals surface area contributed by atoms with Crippen molar-refractivity contribution in [1.29, 1.82) is 0 Å². The first-order valence-electron chi connectivity index (χ1n) is 4.67. The molecular weight excluding hydrogens is 209 g/mol. The number of anilines is 1. The van der Waals surface area contributed by atoms with Gasteiger partial charge in [0.1, 0.15) is 11.6 Å². The number of hydrogen-bond acceptors (Lipinski definition) is 4. The molecule has 0 saturated heterocycles. The van der Waals surface area contributed by atoms with E-state index in [0.717, 1.165) is 0 Å². The van der Waals surface area contributed by atoms with E-state index in [0.29, 0.717) is 17.2 Å². The smallest absolute Gasteiger partial charge is 0.224 e. The number of nitrogen functional groups attached to an aromatic ring is 1. The number of nitrogens with zero attached hydrogens (tertiary/aromatic N) is 2. The first-order valence-corrected chi connectivity index (χ1v) is 4.67. The van der Waals surface area contributed by atoms with E-state index in [4.69, 9.17) is 10.5 Å². The molecule has 0 aliphatic rings. The number of rotatable bonds is 2. The minimum Gasteiger partial charge on any atom is -0.439 e. The summed E-state index contributed by atoms with van der Waals surface area (Å²) in [5, 5.41) is 0. The summed E-state index contributed by atoms with van der Waals surface area (Å²) in [6.07, 6.45) is 1.50. The van der Waals surface area contributed by atoms with E-state index >= 15 is 0 Å². The van der Waals surface area contributed by atoms with Crippen LogP contribution in [-0.4, -0.2) is 9.97 Å². The zero-order valence-electron chi connectivity index (χ0n) is 8.64. The number of benzene rings is 1. The molecule has 0 radical (unpaired) electrons. The van der Waals surface area contributed by atoms with Gasteiger partial charge in [0.05, 0.1) is 0 Å². The highest BCUT2D eigenvalue weighted by Crippen LogP contribution is 2.23. The molecule has 0 fully saturated rings. The van der Waals surface area contributed by atoms with Crippen LogP contribution in [0.1, 0.15) is 5.56 Å². The zero-order chi connectivity index (χ0) is 11.5. The Bertz CT molecular complexity index is 516. The van der Waals surface area contributed by atoms with E-state index in [1.165, 1.54) is 18.3 Å². The quantitative estimate of drug-likeness (QED) is 0.841. The topological polar surface area (TPSA) is 61.0 Å². The molecule has 0 aliphatic heterocycles. The van der Waals surface area contributed by atoms with Gasteiger partial charge in [-0.3, -0.25) is 0 Å². The first-order chi connectivity index (χ1) is 7.65. The molecule has 1 aromatic carbocycles. The zero-order valence-corrected chi connectivity index (χ0v) is 8.64. The third kappa shape index (κ3) is 2.25. The molecule has 0 spiro atoms. The second-order valence-electron chi connectivity index (χ2n) is 3.26. The Morgan fingerprint density at radius 2 is 2.12 bits per heavy atom. The number of nitrogens with two attached hydrogens (primary N) is 1. The highest BCUT2D eigenvalue weighted by Gasteiger charge is 2.04. The predicted molar refractivity (Wildman–Crippen MR) is 57.7 cm³/mol. The molecular formula is C11H10FN3O. The summed E-state index contributed by atoms with van der Waals surface area (Å²) in [6, 6.07) is 5.84. The standard InChI is InChI=1S/C11H10FN3O/c1-7-6-8(12)2-3-9(7)16-10-4-5-14-11(13)15-10/h2-6H,1H3,(H2,13,14,15). The van der Waals surface area contributed by atoms with Crippen molar-refractivity contribution < 1.29 is 9.13 Å². The fourth-order valence-electron chi connectivity index (χ4n) is 1.25. The summed E-state index contributed by atoms with van der Waals surface area (Å²) in [5.41, 5.74) is 6.10. The van der Waals surface area contributed by atoms with E-state index in [1.807, 2.05) is 0 Å². The number of aromatic nitrogens is 2. The summed E-state index contributed by atoms with van der Waals surface area (Å²) < 4.78 is 18.3. The van der Waals surface area contributed by atoms with Crippen LogP contribution in [0.4, 0.5) is 10.3 Å². The average molecular weight is 219 g/mol. The Morgan fingerprint density at radius 1 is 1.31 bits per heavy atom. The van der Waals surface area contributed by atoms with Crippen LogP contribution < -0.4 is 10.5 Å². The van der Waals surface area contributed by atoms with Gasteiger partial charge >= 0.3 is 0 Å². The summed E-state index contributed by atoms with van der Waals surface area (Å²) in [7, 11) is 0. The molecule has 0 aliphatic carbocycles. The first kappa shape index (κ1) is 10.4. The van der Waals surface area contributed by atoms with E-state index in [-0.39, 0.29) is 11.8 Å². The largest absolute Gasteiger partial charge is 0.439 e. The SMILES string of the molecule is Cc1cc(F)ccc1Oc1ccnc(N)n1. The molecule has 16 heavy (non-hydrogen) atoms. The predicted octanol–water partition coefficient (Wildman–Crippen LogP) is 2.30. The lowest BCUT2D eigenvalue weighted by atomic mass is 10.2. The van der Waals surface area contributed by atoms with Crippen LogP contribution in [-0.2, 0) is 0 Å². The van der Waals surface area contributed by atoms with Crippen LogP contribution in [0.2, 0.25) is 0 Å². The van der Waals surface area contributed by atoms with Crippen LogP contribution in [0.3, 0.4) is 0 Å². The molecule has 0 bridgehead atoms. The number of halogens is 1. The van der Waals surface area contributed by atoms with Crippen molar-refractivity contribution in [1.82, 2.24) is 9.97 Å². The van der Waals surface area contributed by atoms with Crippen LogP contribution in [0.5, 0.6) is 11.6 Å². The third-order valence-electron chi connectivity index (χ3n) is 2.00. The Balaban J connectivity index is 2.27. The van der Waals surface area contributed by atoms with Gasteiger partial charge < -0.3 is 10.5 Å². The van der Waals surface area contributed by atoms with Crippen molar-refractivity contribution in [2.45, 2.75) is 6.92 Å². The maximum absolute atomic E-state index is 12.8. The van der Waals surface area contributed by atoms with Crippen molar-refractivity contribution in [2.75, 3.05) is 5.73 Å². The van der Waals surface area contributed by atoms with E-state index in [2.05, 4.69) is 9.97 Å². The Labute approximate surface area is 91.9 Å². The highest BCUT2D eigenvalue weighted by molar-refractivity contribution is 5.36. The van der Waals surface area contributed by atoms with Crippen LogP contribution in [0.25, 0.3) is 0 Å². The molecule has 5 heteroatoms. The normalized spacial score (nSPS) is 10.1. The maximum Gasteiger partial charge on any atom is 0.224 e. The molecule has 4 nitrogen and oxygen atoms in total. The monoisotopic (exact) mass is 219 g/mol. The maximum atomic E-state index is 12.8. The summed E-state index contributed by atoms with van der Waals surface area (Å²) in [4.78, 5) is 7.63. The molecule has 0 atom stereocenters. The molecule has 82 valence electrons. The summed E-state index contributed by atoms with van der Waals surface area (Å²) >= 11 is 0. The second-order valence-corrected chi connectivity index (χ2v) is 3.26. The van der Waals surface area contributed by atoms with Crippen LogP contribution in [0.15, 0.2) is 30.5 Å². The van der Waals surface area contributed by atoms with Gasteiger partial charge in [0.2, 0.25) is 11.8 Å². The lowest BCUT2D eigenvalue weighted by molar-refractivity contribution is 0.457. The van der Waals surface area contributed by atoms with Crippen molar-refractivity contribution in [3.8, 4) is 11.6 Å². The molecule has 2 aromatic rings. The van der Waals surface area contributed by atoms with Gasteiger partial charge in [-0.1, -0.05) is 0 Å². The molecule has 0 saturated carbocycles. The fourth-order valence-corrected chi connectivity index (χ4v) is 1.25. The van der Waals surface area contributed by atoms with Gasteiger partial charge in [0.25, 0.3) is 0 Å². The third-order valence-corrected chi connectivity index (χ3v) is 2.00. The molecule has 2 rings (SSSR count). The van der Waals surface area contributed by atoms with E-state index in [9.17, 15) is 4.39 Å². The molecule has 1 heterocycles. The Kier molecular flexibility index (Phi) is 2.68. The molecule has 0 amide bonds. The van der Waals surface area contributed by atoms with Gasteiger partial charge in [0.15, 0.2) is 0 Å². The van der Waals surface area contributed by atoms with Gasteiger partial charge in [-0.25, -0.2) is 9.37 Å².